The molecule has 0 N–H and O–H groups in total. The molecule has 2 aromatic rings. The minimum absolute atomic E-state index is 1.30. The van der Waals surface area contributed by atoms with Crippen molar-refractivity contribution in [2.45, 2.75) is 0 Å². The Morgan fingerprint density at radius 3 is 2.00 bits per heavy atom. The van der Waals surface area contributed by atoms with E-state index < -0.39 is 0 Å². The second-order valence-corrected chi connectivity index (χ2v) is 7.61. The van der Waals surface area contributed by atoms with Gasteiger partial charge in [-0.2, -0.15) is 0 Å². The molecule has 2 aromatic carbocycles. The van der Waals surface area contributed by atoms with Crippen LogP contribution in [0.25, 0.3) is 10.8 Å². The Morgan fingerprint density at radius 1 is 0.643 bits per heavy atom. The highest BCUT2D eigenvalue weighted by Gasteiger charge is 2.04. The Kier molecular flexibility index (Phi) is 4.20. The van der Waals surface area contributed by atoms with Crippen molar-refractivity contribution in [3.05, 3.63) is 38.5 Å². The number of halogens is 4. The van der Waals surface area contributed by atoms with Crippen LogP contribution in [-0.2, 0) is 0 Å². The van der Waals surface area contributed by atoms with Gasteiger partial charge >= 0.3 is 0 Å². The van der Waals surface area contributed by atoms with Gasteiger partial charge in [-0.25, -0.2) is 0 Å². The van der Waals surface area contributed by atoms with E-state index in [1.165, 1.54) is 25.1 Å². The Bertz CT molecular complexity index is 505. The topological polar surface area (TPSA) is 0 Å². The molecule has 2 rings (SSSR count). The average Bonchev–Trinajstić information content (AvgIpc) is 2.08. The minimum atomic E-state index is 1.30. The molecule has 0 fully saturated rings. The first-order valence-corrected chi connectivity index (χ1v) is 8.13. The smallest absolute Gasteiger partial charge is 0.0270 e. The lowest BCUT2D eigenvalue weighted by atomic mass is 10.1. The molecular weight excluding hydrogens is 628 g/mol. The predicted octanol–water partition coefficient (Wildman–Crippen LogP) is 5.26. The zero-order valence-electron chi connectivity index (χ0n) is 6.82. The predicted molar refractivity (Wildman–Crippen MR) is 94.8 cm³/mol. The van der Waals surface area contributed by atoms with E-state index in [1.807, 2.05) is 0 Å². The fraction of sp³-hybridized carbons (Fsp3) is 0. The minimum Gasteiger partial charge on any atom is -0.0443 e. The van der Waals surface area contributed by atoms with E-state index in [0.29, 0.717) is 0 Å². The van der Waals surface area contributed by atoms with Crippen LogP contribution in [0.4, 0.5) is 0 Å². The highest BCUT2D eigenvalue weighted by Crippen LogP contribution is 2.28. The third-order valence-electron chi connectivity index (χ3n) is 1.91. The summed E-state index contributed by atoms with van der Waals surface area (Å²) in [6, 6.07) is 8.96. The van der Waals surface area contributed by atoms with Gasteiger partial charge in [-0.1, -0.05) is 0 Å². The molecule has 0 atom stereocenters. The largest absolute Gasteiger partial charge is 0.0443 e. The SMILES string of the molecule is Ic1cc(I)c2cc(I)c(I)cc2c1. The third-order valence-corrected chi connectivity index (χ3v) is 6.24. The molecule has 0 saturated heterocycles. The monoisotopic (exact) mass is 632 g/mol. The van der Waals surface area contributed by atoms with E-state index in [0.717, 1.165) is 0 Å². The summed E-state index contributed by atoms with van der Waals surface area (Å²) in [6.07, 6.45) is 0. The van der Waals surface area contributed by atoms with Gasteiger partial charge in [-0.3, -0.25) is 0 Å². The maximum atomic E-state index is 2.40. The van der Waals surface area contributed by atoms with Gasteiger partial charge in [0.25, 0.3) is 0 Å². The van der Waals surface area contributed by atoms with E-state index in [-0.39, 0.29) is 0 Å². The first-order chi connectivity index (χ1) is 6.58. The highest BCUT2D eigenvalue weighted by atomic mass is 127. The van der Waals surface area contributed by atoms with Gasteiger partial charge in [-0.05, 0) is 125 Å². The third kappa shape index (κ3) is 2.47. The molecule has 4 heteroatoms. The second kappa shape index (κ2) is 4.86. The molecule has 14 heavy (non-hydrogen) atoms. The zero-order chi connectivity index (χ0) is 10.3. The molecule has 0 unspecified atom stereocenters. The molecule has 0 radical (unpaired) electrons. The van der Waals surface area contributed by atoms with Crippen LogP contribution in [0.5, 0.6) is 0 Å². The van der Waals surface area contributed by atoms with Crippen LogP contribution in [0.1, 0.15) is 0 Å². The average molecular weight is 632 g/mol. The Labute approximate surface area is 137 Å². The van der Waals surface area contributed by atoms with Gasteiger partial charge in [0.15, 0.2) is 0 Å². The number of hydrogen-bond acceptors (Lipinski definition) is 0. The van der Waals surface area contributed by atoms with Crippen molar-refractivity contribution in [2.24, 2.45) is 0 Å². The van der Waals surface area contributed by atoms with E-state index >= 15 is 0 Å². The lowest BCUT2D eigenvalue weighted by Crippen LogP contribution is -1.85. The molecule has 0 amide bonds. The van der Waals surface area contributed by atoms with Crippen LogP contribution in [0.2, 0.25) is 0 Å². The number of benzene rings is 2. The summed E-state index contributed by atoms with van der Waals surface area (Å²) in [7, 11) is 0. The summed E-state index contributed by atoms with van der Waals surface area (Å²) in [5.41, 5.74) is 0. The quantitative estimate of drug-likeness (QED) is 0.349. The Balaban J connectivity index is 2.89. The number of fused-ring (bicyclic) bond motifs is 1. The van der Waals surface area contributed by atoms with Crippen molar-refractivity contribution >= 4 is 101 Å². The Morgan fingerprint density at radius 2 is 1.29 bits per heavy atom. The molecule has 0 spiro atoms. The van der Waals surface area contributed by atoms with Crippen molar-refractivity contribution in [3.63, 3.8) is 0 Å². The van der Waals surface area contributed by atoms with Crippen LogP contribution in [0, 0.1) is 14.3 Å². The lowest BCUT2D eigenvalue weighted by Gasteiger charge is -2.04. The van der Waals surface area contributed by atoms with E-state index in [2.05, 4.69) is 115 Å². The maximum Gasteiger partial charge on any atom is 0.0270 e. The number of hydrogen-bond donors (Lipinski definition) is 0. The van der Waals surface area contributed by atoms with Crippen molar-refractivity contribution in [1.29, 1.82) is 0 Å². The summed E-state index contributed by atoms with van der Waals surface area (Å²) in [4.78, 5) is 0. The van der Waals surface area contributed by atoms with Crippen molar-refractivity contribution < 1.29 is 0 Å². The van der Waals surface area contributed by atoms with Crippen molar-refractivity contribution in [1.82, 2.24) is 0 Å². The first kappa shape index (κ1) is 12.1. The van der Waals surface area contributed by atoms with Crippen LogP contribution >= 0.6 is 90.4 Å². The molecule has 0 aromatic heterocycles. The van der Waals surface area contributed by atoms with E-state index in [1.54, 1.807) is 0 Å². The Hall–Kier alpha value is 1.62. The van der Waals surface area contributed by atoms with Crippen LogP contribution < -0.4 is 0 Å². The van der Waals surface area contributed by atoms with E-state index in [4.69, 9.17) is 0 Å². The molecule has 0 heterocycles. The molecule has 0 aliphatic heterocycles. The van der Waals surface area contributed by atoms with E-state index in [9.17, 15) is 0 Å². The first-order valence-electron chi connectivity index (χ1n) is 3.82. The standard InChI is InChI=1S/C10H4I4/c11-6-1-5-2-9(13)10(14)4-7(5)8(12)3-6/h1-4H. The second-order valence-electron chi connectivity index (χ2n) is 2.88. The van der Waals surface area contributed by atoms with Crippen LogP contribution in [0.15, 0.2) is 24.3 Å². The molecule has 0 aliphatic carbocycles. The molecule has 0 bridgehead atoms. The fourth-order valence-electron chi connectivity index (χ4n) is 1.28. The van der Waals surface area contributed by atoms with Crippen LogP contribution in [0.3, 0.4) is 0 Å². The van der Waals surface area contributed by atoms with Crippen molar-refractivity contribution in [2.75, 3.05) is 0 Å². The lowest BCUT2D eigenvalue weighted by molar-refractivity contribution is 1.60. The molecule has 0 saturated carbocycles. The van der Waals surface area contributed by atoms with Gasteiger partial charge in [0.1, 0.15) is 0 Å². The molecular formula is C10H4I4. The number of rotatable bonds is 0. The normalized spacial score (nSPS) is 10.9. The van der Waals surface area contributed by atoms with Gasteiger partial charge in [-0.15, -0.1) is 0 Å². The fourth-order valence-corrected chi connectivity index (χ4v) is 4.28. The maximum absolute atomic E-state index is 2.40. The van der Waals surface area contributed by atoms with Gasteiger partial charge < -0.3 is 0 Å². The highest BCUT2D eigenvalue weighted by molar-refractivity contribution is 14.1. The summed E-state index contributed by atoms with van der Waals surface area (Å²) < 4.78 is 5.29. The van der Waals surface area contributed by atoms with Gasteiger partial charge in [0.2, 0.25) is 0 Å². The molecule has 0 nitrogen and oxygen atoms in total. The summed E-state index contributed by atoms with van der Waals surface area (Å²) in [5, 5.41) is 2.70. The van der Waals surface area contributed by atoms with Gasteiger partial charge in [0.05, 0.1) is 0 Å². The summed E-state index contributed by atoms with van der Waals surface area (Å²) in [5.74, 6) is 0. The summed E-state index contributed by atoms with van der Waals surface area (Å²) in [6.45, 7) is 0. The molecule has 0 aliphatic rings. The van der Waals surface area contributed by atoms with Gasteiger partial charge in [0, 0.05) is 14.3 Å². The van der Waals surface area contributed by atoms with Crippen LogP contribution in [-0.4, -0.2) is 0 Å². The zero-order valence-corrected chi connectivity index (χ0v) is 15.5. The van der Waals surface area contributed by atoms with Crippen molar-refractivity contribution in [3.8, 4) is 0 Å². The molecule has 72 valence electrons. The summed E-state index contributed by atoms with van der Waals surface area (Å²) >= 11 is 9.53.